The molecule has 8 N–H and O–H groups in total. The second-order valence-corrected chi connectivity index (χ2v) is 6.35. The summed E-state index contributed by atoms with van der Waals surface area (Å²) < 4.78 is 5.19. The molecule has 0 aromatic carbocycles. The van der Waals surface area contributed by atoms with Gasteiger partial charge in [0.15, 0.2) is 0 Å². The largest absolute Gasteiger partial charge is 0.394 e. The predicted octanol–water partition coefficient (Wildman–Crippen LogP) is -4.16. The first-order chi connectivity index (χ1) is 10.3. The van der Waals surface area contributed by atoms with E-state index in [0.717, 1.165) is 0 Å². The van der Waals surface area contributed by atoms with E-state index in [2.05, 4.69) is 0 Å². The van der Waals surface area contributed by atoms with Crippen LogP contribution >= 0.6 is 11.8 Å². The number of rotatable bonds is 8. The van der Waals surface area contributed by atoms with E-state index in [4.69, 9.17) is 14.9 Å². The molecule has 22 heavy (non-hydrogen) atoms. The monoisotopic (exact) mass is 344 g/mol. The first-order valence-corrected chi connectivity index (χ1v) is 7.93. The Bertz CT molecular complexity index is 302. The molecule has 6 unspecified atom stereocenters. The normalized spacial score (nSPS) is 31.1. The average molecular weight is 344 g/mol. The Morgan fingerprint density at radius 2 is 1.32 bits per heavy atom. The van der Waals surface area contributed by atoms with E-state index in [1.807, 2.05) is 0 Å². The first-order valence-electron chi connectivity index (χ1n) is 6.77. The molecule has 1 rings (SSSR count). The maximum absolute atomic E-state index is 10.3. The summed E-state index contributed by atoms with van der Waals surface area (Å²) in [4.78, 5) is 0. The lowest BCUT2D eigenvalue weighted by Crippen LogP contribution is -2.63. The van der Waals surface area contributed by atoms with Crippen LogP contribution in [0.1, 0.15) is 0 Å². The Morgan fingerprint density at radius 1 is 0.864 bits per heavy atom. The Labute approximate surface area is 131 Å². The highest BCUT2D eigenvalue weighted by Gasteiger charge is 2.53. The molecular weight excluding hydrogens is 320 g/mol. The van der Waals surface area contributed by atoms with Gasteiger partial charge < -0.3 is 45.6 Å². The Kier molecular flexibility index (Phi) is 7.95. The van der Waals surface area contributed by atoms with Gasteiger partial charge in [0.05, 0.1) is 43.4 Å². The van der Waals surface area contributed by atoms with Crippen LogP contribution in [0.4, 0.5) is 0 Å². The summed E-state index contributed by atoms with van der Waals surface area (Å²) >= 11 is 1.18. The van der Waals surface area contributed by atoms with Gasteiger partial charge in [-0.25, -0.2) is 0 Å². The summed E-state index contributed by atoms with van der Waals surface area (Å²) in [6.45, 7) is -1.85. The number of thioether (sulfide) groups is 1. The van der Waals surface area contributed by atoms with Gasteiger partial charge in [-0.15, -0.1) is 11.8 Å². The van der Waals surface area contributed by atoms with Gasteiger partial charge in [-0.3, -0.25) is 0 Å². The molecule has 132 valence electrons. The Balaban J connectivity index is 3.03. The zero-order valence-corrected chi connectivity index (χ0v) is 12.7. The van der Waals surface area contributed by atoms with E-state index >= 15 is 0 Å². The molecule has 6 atom stereocenters. The smallest absolute Gasteiger partial charge is 0.109 e. The second-order valence-electron chi connectivity index (χ2n) is 5.42. The van der Waals surface area contributed by atoms with Crippen LogP contribution < -0.4 is 0 Å². The SMILES string of the molecule is OCC(O)C(O)C(O)C1(C(O)C(O)C(O)CO)COCSC1. The van der Waals surface area contributed by atoms with E-state index in [0.29, 0.717) is 0 Å². The highest BCUT2D eigenvalue weighted by atomic mass is 32.2. The fourth-order valence-electron chi connectivity index (χ4n) is 2.40. The summed E-state index contributed by atoms with van der Waals surface area (Å²) in [6, 6.07) is 0. The minimum absolute atomic E-state index is 0.0692. The van der Waals surface area contributed by atoms with Crippen LogP contribution in [-0.2, 0) is 4.74 Å². The lowest BCUT2D eigenvalue weighted by molar-refractivity contribution is -0.198. The third-order valence-electron chi connectivity index (χ3n) is 3.90. The van der Waals surface area contributed by atoms with Gasteiger partial charge in [0.25, 0.3) is 0 Å². The number of hydrogen-bond donors (Lipinski definition) is 8. The molecular formula is C12H24O9S. The van der Waals surface area contributed by atoms with Crippen molar-refractivity contribution >= 4 is 11.8 Å². The van der Waals surface area contributed by atoms with Crippen molar-refractivity contribution in [3.63, 3.8) is 0 Å². The van der Waals surface area contributed by atoms with Crippen molar-refractivity contribution in [3.8, 4) is 0 Å². The van der Waals surface area contributed by atoms with Crippen molar-refractivity contribution in [1.82, 2.24) is 0 Å². The Hall–Kier alpha value is -0.0100. The summed E-state index contributed by atoms with van der Waals surface area (Å²) in [5, 5.41) is 77.2. The number of aliphatic hydroxyl groups is 8. The van der Waals surface area contributed by atoms with Gasteiger partial charge in [0.2, 0.25) is 0 Å². The van der Waals surface area contributed by atoms with Crippen LogP contribution in [0.2, 0.25) is 0 Å². The third-order valence-corrected chi connectivity index (χ3v) is 4.97. The maximum atomic E-state index is 10.3. The minimum Gasteiger partial charge on any atom is -0.394 e. The molecule has 1 aliphatic heterocycles. The van der Waals surface area contributed by atoms with Gasteiger partial charge in [0.1, 0.15) is 24.4 Å². The summed E-state index contributed by atoms with van der Waals surface area (Å²) in [7, 11) is 0. The van der Waals surface area contributed by atoms with Crippen LogP contribution in [-0.4, -0.2) is 109 Å². The number of aliphatic hydroxyl groups excluding tert-OH is 8. The van der Waals surface area contributed by atoms with Crippen molar-refractivity contribution < 1.29 is 45.6 Å². The topological polar surface area (TPSA) is 171 Å². The fraction of sp³-hybridized carbons (Fsp3) is 1.00. The van der Waals surface area contributed by atoms with Crippen LogP contribution in [0.5, 0.6) is 0 Å². The van der Waals surface area contributed by atoms with Crippen molar-refractivity contribution in [2.75, 3.05) is 31.5 Å². The van der Waals surface area contributed by atoms with E-state index < -0.39 is 55.3 Å². The molecule has 0 amide bonds. The lowest BCUT2D eigenvalue weighted by atomic mass is 9.73. The fourth-order valence-corrected chi connectivity index (χ4v) is 3.49. The first kappa shape index (κ1) is 20.0. The van der Waals surface area contributed by atoms with Gasteiger partial charge >= 0.3 is 0 Å². The number of hydrogen-bond acceptors (Lipinski definition) is 10. The summed E-state index contributed by atoms with van der Waals surface area (Å²) in [5.74, 6) is 0.345. The predicted molar refractivity (Wildman–Crippen MR) is 75.9 cm³/mol. The molecule has 0 spiro atoms. The van der Waals surface area contributed by atoms with Crippen molar-refractivity contribution in [2.24, 2.45) is 5.41 Å². The standard InChI is InChI=1S/C12H24O9S/c13-1-6(15)8(17)10(19)12(3-21-5-22-4-12)11(20)9(18)7(16)2-14/h6-11,13-20H,1-5H2. The van der Waals surface area contributed by atoms with E-state index in [1.54, 1.807) is 0 Å². The molecule has 0 aromatic heterocycles. The molecule has 0 aliphatic carbocycles. The molecule has 0 saturated carbocycles. The van der Waals surface area contributed by atoms with Crippen LogP contribution in [0, 0.1) is 5.41 Å². The van der Waals surface area contributed by atoms with Crippen molar-refractivity contribution in [2.45, 2.75) is 36.6 Å². The molecule has 1 saturated heterocycles. The highest BCUT2D eigenvalue weighted by molar-refractivity contribution is 7.99. The lowest BCUT2D eigenvalue weighted by Gasteiger charge is -2.47. The molecule has 0 bridgehead atoms. The van der Waals surface area contributed by atoms with Gasteiger partial charge in [-0.1, -0.05) is 0 Å². The van der Waals surface area contributed by atoms with Crippen molar-refractivity contribution in [3.05, 3.63) is 0 Å². The van der Waals surface area contributed by atoms with Crippen LogP contribution in [0.25, 0.3) is 0 Å². The third kappa shape index (κ3) is 4.09. The van der Waals surface area contributed by atoms with Crippen LogP contribution in [0.15, 0.2) is 0 Å². The van der Waals surface area contributed by atoms with Gasteiger partial charge in [-0.2, -0.15) is 0 Å². The summed E-state index contributed by atoms with van der Waals surface area (Å²) in [5.41, 5.74) is -1.59. The molecule has 1 fully saturated rings. The average Bonchev–Trinajstić information content (AvgIpc) is 2.57. The zero-order chi connectivity index (χ0) is 16.9. The van der Waals surface area contributed by atoms with Gasteiger partial charge in [-0.05, 0) is 0 Å². The van der Waals surface area contributed by atoms with E-state index in [9.17, 15) is 30.6 Å². The molecule has 1 heterocycles. The van der Waals surface area contributed by atoms with E-state index in [1.165, 1.54) is 11.8 Å². The Morgan fingerprint density at radius 3 is 1.64 bits per heavy atom. The number of ether oxygens (including phenoxy) is 1. The van der Waals surface area contributed by atoms with Crippen LogP contribution in [0.3, 0.4) is 0 Å². The molecule has 0 radical (unpaired) electrons. The second kappa shape index (κ2) is 8.73. The molecule has 1 aliphatic rings. The maximum Gasteiger partial charge on any atom is 0.109 e. The zero-order valence-electron chi connectivity index (χ0n) is 11.9. The van der Waals surface area contributed by atoms with E-state index in [-0.39, 0.29) is 18.3 Å². The van der Waals surface area contributed by atoms with Gasteiger partial charge in [0, 0.05) is 5.75 Å². The summed E-state index contributed by atoms with van der Waals surface area (Å²) in [6.07, 6.45) is -10.4. The molecule has 10 heteroatoms. The van der Waals surface area contributed by atoms with Crippen molar-refractivity contribution in [1.29, 1.82) is 0 Å². The quantitative estimate of drug-likeness (QED) is 0.216. The minimum atomic E-state index is -1.79. The molecule has 9 nitrogen and oxygen atoms in total. The molecule has 0 aromatic rings. The highest BCUT2D eigenvalue weighted by Crippen LogP contribution is 2.39.